The number of hydrazine groups is 1. The molecule has 1 saturated heterocycles. The molecule has 1 fully saturated rings. The molecule has 4 aromatic rings. The SMILES string of the molecule is CCn1c(-c2cccnc2C(C)OC)c(CC(C)(C)COC=O)c2cc(-c3csc(CC(NC(=O)C(C(C)C)N(C)C=O)C(=O)N4CCCCN4)n3)ccc21. The van der Waals surface area contributed by atoms with E-state index in [-0.39, 0.29) is 42.3 Å². The summed E-state index contributed by atoms with van der Waals surface area (Å²) < 4.78 is 13.3. The van der Waals surface area contributed by atoms with Gasteiger partial charge in [0.15, 0.2) is 0 Å². The summed E-state index contributed by atoms with van der Waals surface area (Å²) >= 11 is 1.44. The molecule has 3 amide bonds. The summed E-state index contributed by atoms with van der Waals surface area (Å²) in [4.78, 5) is 61.4. The molecule has 0 bridgehead atoms. The van der Waals surface area contributed by atoms with E-state index in [2.05, 4.69) is 60.3 Å². The summed E-state index contributed by atoms with van der Waals surface area (Å²) in [5.74, 6) is -0.784. The van der Waals surface area contributed by atoms with E-state index in [9.17, 15) is 19.2 Å². The molecule has 3 unspecified atom stereocenters. The molecule has 5 rings (SSSR count). The van der Waals surface area contributed by atoms with Crippen LogP contribution < -0.4 is 10.7 Å². The number of hydrogen-bond donors (Lipinski definition) is 2. The zero-order valence-electron chi connectivity index (χ0n) is 33.3. The first-order chi connectivity index (χ1) is 26.3. The summed E-state index contributed by atoms with van der Waals surface area (Å²) in [5, 5.41) is 8.29. The quantitative estimate of drug-likeness (QED) is 0.124. The van der Waals surface area contributed by atoms with Crippen LogP contribution in [0.4, 0.5) is 0 Å². The third-order valence-electron chi connectivity index (χ3n) is 10.2. The van der Waals surface area contributed by atoms with Crippen LogP contribution in [-0.2, 0) is 48.0 Å². The van der Waals surface area contributed by atoms with Gasteiger partial charge in [-0.3, -0.25) is 29.2 Å². The first kappa shape index (κ1) is 41.5. The minimum Gasteiger partial charge on any atom is -0.467 e. The standard InChI is InChI=1S/C41H55N7O6S/c1-9-47-34-15-14-28(19-30(34)31(21-41(5,6)23-54-25-50)38(47)29-13-12-16-42-36(29)27(4)53-8)33-22-55-35(44-33)20-32(40(52)48-18-11-10-17-43-48)45-39(51)37(26(2)3)46(7)24-49/h12-16,19,22,24-27,32,37,43H,9-11,17-18,20-21,23H2,1-8H3,(H,45,51). The molecule has 1 aromatic carbocycles. The third kappa shape index (κ3) is 9.42. The summed E-state index contributed by atoms with van der Waals surface area (Å²) in [6.07, 6.45) is 4.82. The molecule has 2 N–H and O–H groups in total. The summed E-state index contributed by atoms with van der Waals surface area (Å²) in [7, 11) is 3.25. The summed E-state index contributed by atoms with van der Waals surface area (Å²) in [6, 6.07) is 8.76. The molecule has 0 radical (unpaired) electrons. The van der Waals surface area contributed by atoms with Gasteiger partial charge in [0.2, 0.25) is 12.3 Å². The highest BCUT2D eigenvalue weighted by atomic mass is 32.1. The zero-order chi connectivity index (χ0) is 39.9. The van der Waals surface area contributed by atoms with Crippen molar-refractivity contribution in [3.8, 4) is 22.5 Å². The number of benzene rings is 1. The third-order valence-corrected chi connectivity index (χ3v) is 11.1. The second-order valence-corrected chi connectivity index (χ2v) is 16.3. The molecule has 296 valence electrons. The van der Waals surface area contributed by atoms with Crippen molar-refractivity contribution in [3.05, 3.63) is 58.2 Å². The molecule has 55 heavy (non-hydrogen) atoms. The number of carbonyl (C=O) groups excluding carboxylic acids is 4. The Hall–Kier alpha value is -4.66. The number of likely N-dealkylation sites (N-methyl/N-ethyl adjacent to an activating group) is 1. The zero-order valence-corrected chi connectivity index (χ0v) is 34.1. The van der Waals surface area contributed by atoms with Gasteiger partial charge in [-0.15, -0.1) is 11.3 Å². The van der Waals surface area contributed by atoms with Gasteiger partial charge < -0.3 is 24.3 Å². The van der Waals surface area contributed by atoms with Crippen molar-refractivity contribution in [2.45, 2.75) is 92.0 Å². The van der Waals surface area contributed by atoms with Crippen LogP contribution in [0.5, 0.6) is 0 Å². The van der Waals surface area contributed by atoms with Gasteiger partial charge in [0, 0.05) is 79.2 Å². The van der Waals surface area contributed by atoms with Gasteiger partial charge in [-0.05, 0) is 68.9 Å². The van der Waals surface area contributed by atoms with Gasteiger partial charge in [-0.1, -0.05) is 33.8 Å². The van der Waals surface area contributed by atoms with Gasteiger partial charge in [0.05, 0.1) is 34.8 Å². The number of nitrogens with zero attached hydrogens (tertiary/aromatic N) is 5. The fourth-order valence-electron chi connectivity index (χ4n) is 7.50. The molecule has 14 heteroatoms. The van der Waals surface area contributed by atoms with Crippen molar-refractivity contribution < 1.29 is 28.7 Å². The Balaban J connectivity index is 1.56. The maximum absolute atomic E-state index is 13.9. The first-order valence-electron chi connectivity index (χ1n) is 19.0. The Labute approximate surface area is 327 Å². The van der Waals surface area contributed by atoms with Crippen LogP contribution in [0.15, 0.2) is 41.9 Å². The van der Waals surface area contributed by atoms with Crippen LogP contribution in [0.1, 0.15) is 76.8 Å². The molecule has 4 heterocycles. The number of fused-ring (bicyclic) bond motifs is 1. The van der Waals surface area contributed by atoms with E-state index in [4.69, 9.17) is 19.4 Å². The van der Waals surface area contributed by atoms with Crippen LogP contribution in [-0.4, -0.2) is 95.1 Å². The van der Waals surface area contributed by atoms with Gasteiger partial charge in [-0.25, -0.2) is 10.4 Å². The lowest BCUT2D eigenvalue weighted by atomic mass is 9.84. The number of amides is 3. The molecule has 0 spiro atoms. The van der Waals surface area contributed by atoms with Crippen molar-refractivity contribution in [1.82, 2.24) is 35.2 Å². The van der Waals surface area contributed by atoms with E-state index < -0.39 is 12.1 Å². The Kier molecular flexibility index (Phi) is 13.8. The Bertz CT molecular complexity index is 1970. The van der Waals surface area contributed by atoms with Gasteiger partial charge >= 0.3 is 0 Å². The second kappa shape index (κ2) is 18.3. The molecule has 1 aliphatic rings. The molecule has 13 nitrogen and oxygen atoms in total. The van der Waals surface area contributed by atoms with E-state index >= 15 is 0 Å². The van der Waals surface area contributed by atoms with Crippen molar-refractivity contribution in [2.24, 2.45) is 11.3 Å². The normalized spacial score (nSPS) is 15.1. The monoisotopic (exact) mass is 773 g/mol. The fraction of sp³-hybridized carbons (Fsp3) is 0.512. The number of pyridine rings is 1. The molecule has 1 aliphatic heterocycles. The average molecular weight is 774 g/mol. The topological polar surface area (TPSA) is 148 Å². The maximum Gasteiger partial charge on any atom is 0.293 e. The lowest BCUT2D eigenvalue weighted by Gasteiger charge is -2.33. The highest BCUT2D eigenvalue weighted by Gasteiger charge is 2.34. The number of ether oxygens (including phenoxy) is 2. The second-order valence-electron chi connectivity index (χ2n) is 15.3. The van der Waals surface area contributed by atoms with Crippen LogP contribution in [0, 0.1) is 11.3 Å². The van der Waals surface area contributed by atoms with Crippen LogP contribution in [0.2, 0.25) is 0 Å². The highest BCUT2D eigenvalue weighted by molar-refractivity contribution is 7.10. The predicted octanol–water partition coefficient (Wildman–Crippen LogP) is 5.56. The first-order valence-corrected chi connectivity index (χ1v) is 19.9. The van der Waals surface area contributed by atoms with Crippen molar-refractivity contribution in [3.63, 3.8) is 0 Å². The number of thiazole rings is 1. The number of nitrogens with one attached hydrogen (secondary N) is 2. The predicted molar refractivity (Wildman–Crippen MR) is 214 cm³/mol. The molecular weight excluding hydrogens is 719 g/mol. The van der Waals surface area contributed by atoms with Crippen LogP contribution in [0.25, 0.3) is 33.4 Å². The molecule has 3 atom stereocenters. The van der Waals surface area contributed by atoms with Gasteiger partial charge in [-0.2, -0.15) is 0 Å². The number of carbonyl (C=O) groups is 4. The molecule has 3 aromatic heterocycles. The number of rotatable bonds is 18. The van der Waals surface area contributed by atoms with Gasteiger partial charge in [0.25, 0.3) is 12.4 Å². The van der Waals surface area contributed by atoms with Crippen LogP contribution >= 0.6 is 11.3 Å². The molecular formula is C41H55N7O6S. The Morgan fingerprint density at radius 3 is 2.60 bits per heavy atom. The summed E-state index contributed by atoms with van der Waals surface area (Å²) in [5.41, 5.74) is 9.48. The maximum atomic E-state index is 13.9. The number of hydrogen-bond acceptors (Lipinski definition) is 10. The minimum absolute atomic E-state index is 0.162. The van der Waals surface area contributed by atoms with Crippen LogP contribution in [0.3, 0.4) is 0 Å². The largest absolute Gasteiger partial charge is 0.467 e. The van der Waals surface area contributed by atoms with Crippen molar-refractivity contribution >= 4 is 46.9 Å². The summed E-state index contributed by atoms with van der Waals surface area (Å²) in [6.45, 7) is 14.7. The highest BCUT2D eigenvalue weighted by Crippen LogP contribution is 2.41. The average Bonchev–Trinajstić information content (AvgIpc) is 3.77. The number of aryl methyl sites for hydroxylation is 1. The Morgan fingerprint density at radius 1 is 1.16 bits per heavy atom. The van der Waals surface area contributed by atoms with E-state index in [1.165, 1.54) is 16.2 Å². The molecule has 0 saturated carbocycles. The lowest BCUT2D eigenvalue weighted by Crippen LogP contribution is -2.58. The molecule has 0 aliphatic carbocycles. The fourth-order valence-corrected chi connectivity index (χ4v) is 8.35. The lowest BCUT2D eigenvalue weighted by molar-refractivity contribution is -0.142. The number of aromatic nitrogens is 3. The van der Waals surface area contributed by atoms with Crippen molar-refractivity contribution in [1.29, 1.82) is 0 Å². The smallest absolute Gasteiger partial charge is 0.293 e. The van der Waals surface area contributed by atoms with E-state index in [1.807, 2.05) is 32.2 Å². The van der Waals surface area contributed by atoms with E-state index in [1.54, 1.807) is 25.4 Å². The van der Waals surface area contributed by atoms with Gasteiger partial charge in [0.1, 0.15) is 12.1 Å². The Morgan fingerprint density at radius 2 is 1.95 bits per heavy atom. The van der Waals surface area contributed by atoms with E-state index in [0.29, 0.717) is 43.9 Å². The van der Waals surface area contributed by atoms with E-state index in [0.717, 1.165) is 57.5 Å². The number of methoxy groups -OCH3 is 1. The van der Waals surface area contributed by atoms with Crippen molar-refractivity contribution in [2.75, 3.05) is 33.9 Å². The minimum atomic E-state index is -0.882.